The van der Waals surface area contributed by atoms with Crippen LogP contribution in [-0.4, -0.2) is 9.97 Å². The first-order valence-corrected chi connectivity index (χ1v) is 7.53. The molecule has 0 saturated carbocycles. The molecule has 4 nitrogen and oxygen atoms in total. The lowest BCUT2D eigenvalue weighted by molar-refractivity contribution is 0.509. The highest BCUT2D eigenvalue weighted by molar-refractivity contribution is 6.35. The van der Waals surface area contributed by atoms with Crippen molar-refractivity contribution in [2.45, 2.75) is 0 Å². The normalized spacial score (nSPS) is 10.5. The summed E-state index contributed by atoms with van der Waals surface area (Å²) >= 11 is 11.9. The highest BCUT2D eigenvalue weighted by atomic mass is 35.5. The van der Waals surface area contributed by atoms with Gasteiger partial charge in [0.25, 0.3) is 0 Å². The van der Waals surface area contributed by atoms with Gasteiger partial charge in [0.15, 0.2) is 11.6 Å². The minimum atomic E-state index is -0.944. The Bertz CT molecular complexity index is 869. The SMILES string of the molecule is Fc1ccc(Nc2ccnc(Nc3cc(Cl)cc(Cl)c3)n2)cc1F. The second kappa shape index (κ2) is 6.98. The number of benzene rings is 2. The molecule has 0 amide bonds. The van der Waals surface area contributed by atoms with E-state index in [-0.39, 0.29) is 0 Å². The molecule has 0 aliphatic heterocycles. The maximum Gasteiger partial charge on any atom is 0.229 e. The van der Waals surface area contributed by atoms with Crippen molar-refractivity contribution in [1.29, 1.82) is 0 Å². The summed E-state index contributed by atoms with van der Waals surface area (Å²) in [6.45, 7) is 0. The summed E-state index contributed by atoms with van der Waals surface area (Å²) in [5.41, 5.74) is 0.988. The van der Waals surface area contributed by atoms with Gasteiger partial charge in [-0.25, -0.2) is 13.8 Å². The summed E-state index contributed by atoms with van der Waals surface area (Å²) in [5, 5.41) is 6.78. The van der Waals surface area contributed by atoms with E-state index in [2.05, 4.69) is 20.6 Å². The molecular formula is C16H10Cl2F2N4. The van der Waals surface area contributed by atoms with Gasteiger partial charge in [-0.15, -0.1) is 0 Å². The monoisotopic (exact) mass is 366 g/mol. The largest absolute Gasteiger partial charge is 0.340 e. The van der Waals surface area contributed by atoms with Crippen molar-refractivity contribution in [1.82, 2.24) is 9.97 Å². The lowest BCUT2D eigenvalue weighted by Gasteiger charge is -2.09. The van der Waals surface area contributed by atoms with E-state index in [1.165, 1.54) is 12.3 Å². The number of hydrogen-bond acceptors (Lipinski definition) is 4. The fourth-order valence-electron chi connectivity index (χ4n) is 1.97. The van der Waals surface area contributed by atoms with Crippen molar-refractivity contribution in [3.8, 4) is 0 Å². The van der Waals surface area contributed by atoms with Crippen molar-refractivity contribution in [2.75, 3.05) is 10.6 Å². The summed E-state index contributed by atoms with van der Waals surface area (Å²) < 4.78 is 26.2. The maximum absolute atomic E-state index is 13.2. The van der Waals surface area contributed by atoms with Crippen LogP contribution in [0.15, 0.2) is 48.7 Å². The molecule has 0 aliphatic rings. The van der Waals surface area contributed by atoms with Gasteiger partial charge in [-0.2, -0.15) is 4.98 Å². The first-order chi connectivity index (χ1) is 11.5. The van der Waals surface area contributed by atoms with Gasteiger partial charge < -0.3 is 10.6 Å². The van der Waals surface area contributed by atoms with Crippen LogP contribution in [0.2, 0.25) is 10.0 Å². The summed E-state index contributed by atoms with van der Waals surface area (Å²) in [4.78, 5) is 8.32. The summed E-state index contributed by atoms with van der Waals surface area (Å²) in [5.74, 6) is -1.16. The van der Waals surface area contributed by atoms with Crippen molar-refractivity contribution < 1.29 is 8.78 Å². The van der Waals surface area contributed by atoms with Crippen LogP contribution in [-0.2, 0) is 0 Å². The summed E-state index contributed by atoms with van der Waals surface area (Å²) in [6, 6.07) is 10.0. The predicted octanol–water partition coefficient (Wildman–Crippen LogP) is 5.55. The average Bonchev–Trinajstić information content (AvgIpc) is 2.50. The van der Waals surface area contributed by atoms with Crippen LogP contribution in [0.3, 0.4) is 0 Å². The third kappa shape index (κ3) is 4.10. The molecule has 0 unspecified atom stereocenters. The van der Waals surface area contributed by atoms with Crippen molar-refractivity contribution in [3.63, 3.8) is 0 Å². The molecule has 0 saturated heterocycles. The van der Waals surface area contributed by atoms with Crippen LogP contribution in [0.25, 0.3) is 0 Å². The van der Waals surface area contributed by atoms with Crippen molar-refractivity contribution >= 4 is 46.3 Å². The molecule has 0 fully saturated rings. The van der Waals surface area contributed by atoms with E-state index in [4.69, 9.17) is 23.2 Å². The molecule has 8 heteroatoms. The Kier molecular flexibility index (Phi) is 4.78. The zero-order valence-corrected chi connectivity index (χ0v) is 13.5. The molecule has 1 aromatic heterocycles. The Morgan fingerprint density at radius 3 is 2.25 bits per heavy atom. The van der Waals surface area contributed by atoms with E-state index >= 15 is 0 Å². The molecule has 0 spiro atoms. The van der Waals surface area contributed by atoms with Gasteiger partial charge in [0.05, 0.1) is 0 Å². The highest BCUT2D eigenvalue weighted by Gasteiger charge is 2.05. The lowest BCUT2D eigenvalue weighted by atomic mass is 10.3. The Labute approximate surface area is 146 Å². The van der Waals surface area contributed by atoms with Crippen LogP contribution in [0.1, 0.15) is 0 Å². The zero-order valence-electron chi connectivity index (χ0n) is 12.0. The third-order valence-electron chi connectivity index (χ3n) is 2.97. The second-order valence-electron chi connectivity index (χ2n) is 4.80. The molecule has 0 atom stereocenters. The zero-order chi connectivity index (χ0) is 17.1. The number of nitrogens with one attached hydrogen (secondary N) is 2. The summed E-state index contributed by atoms with van der Waals surface area (Å²) in [6.07, 6.45) is 1.52. The second-order valence-corrected chi connectivity index (χ2v) is 5.68. The number of halogens is 4. The predicted molar refractivity (Wildman–Crippen MR) is 91.4 cm³/mol. The molecule has 122 valence electrons. The molecular weight excluding hydrogens is 357 g/mol. The summed E-state index contributed by atoms with van der Waals surface area (Å²) in [7, 11) is 0. The van der Waals surface area contributed by atoms with Crippen LogP contribution in [0.5, 0.6) is 0 Å². The number of hydrogen-bond donors (Lipinski definition) is 2. The average molecular weight is 367 g/mol. The van der Waals surface area contributed by atoms with Crippen molar-refractivity contribution in [2.24, 2.45) is 0 Å². The van der Waals surface area contributed by atoms with Crippen LogP contribution in [0.4, 0.5) is 31.9 Å². The number of rotatable bonds is 4. The quantitative estimate of drug-likeness (QED) is 0.635. The van der Waals surface area contributed by atoms with Gasteiger partial charge in [0.2, 0.25) is 5.95 Å². The Morgan fingerprint density at radius 1 is 0.792 bits per heavy atom. The molecule has 0 radical (unpaired) electrons. The van der Waals surface area contributed by atoms with E-state index in [1.54, 1.807) is 24.3 Å². The Hall–Kier alpha value is -2.44. The van der Waals surface area contributed by atoms with Gasteiger partial charge in [0.1, 0.15) is 5.82 Å². The van der Waals surface area contributed by atoms with E-state index < -0.39 is 11.6 Å². The van der Waals surface area contributed by atoms with Crippen LogP contribution >= 0.6 is 23.2 Å². The molecule has 2 aromatic carbocycles. The molecule has 1 heterocycles. The number of anilines is 4. The molecule has 3 rings (SSSR count). The Balaban J connectivity index is 1.79. The fraction of sp³-hybridized carbons (Fsp3) is 0. The van der Waals surface area contributed by atoms with Gasteiger partial charge in [0, 0.05) is 33.7 Å². The fourth-order valence-corrected chi connectivity index (χ4v) is 2.49. The highest BCUT2D eigenvalue weighted by Crippen LogP contribution is 2.25. The Morgan fingerprint density at radius 2 is 1.54 bits per heavy atom. The third-order valence-corrected chi connectivity index (χ3v) is 3.40. The minimum absolute atomic E-state index is 0.293. The topological polar surface area (TPSA) is 49.8 Å². The molecule has 0 bridgehead atoms. The first kappa shape index (κ1) is 16.4. The lowest BCUT2D eigenvalue weighted by Crippen LogP contribution is -2.01. The molecule has 3 aromatic rings. The standard InChI is InChI=1S/C16H10Cl2F2N4/c17-9-5-10(18)7-12(6-9)23-16-21-4-3-15(24-16)22-11-1-2-13(19)14(20)8-11/h1-8H,(H2,21,22,23,24). The van der Waals surface area contributed by atoms with E-state index in [0.717, 1.165) is 12.1 Å². The maximum atomic E-state index is 13.2. The molecule has 2 N–H and O–H groups in total. The van der Waals surface area contributed by atoms with Gasteiger partial charge in [-0.3, -0.25) is 0 Å². The van der Waals surface area contributed by atoms with E-state index in [9.17, 15) is 8.78 Å². The van der Waals surface area contributed by atoms with E-state index in [0.29, 0.717) is 33.2 Å². The smallest absolute Gasteiger partial charge is 0.229 e. The molecule has 24 heavy (non-hydrogen) atoms. The van der Waals surface area contributed by atoms with Gasteiger partial charge in [-0.1, -0.05) is 23.2 Å². The van der Waals surface area contributed by atoms with E-state index in [1.807, 2.05) is 0 Å². The number of aromatic nitrogens is 2. The van der Waals surface area contributed by atoms with Gasteiger partial charge in [-0.05, 0) is 36.4 Å². The molecule has 0 aliphatic carbocycles. The van der Waals surface area contributed by atoms with Gasteiger partial charge >= 0.3 is 0 Å². The minimum Gasteiger partial charge on any atom is -0.340 e. The first-order valence-electron chi connectivity index (χ1n) is 6.78. The number of nitrogens with zero attached hydrogens (tertiary/aromatic N) is 2. The van der Waals surface area contributed by atoms with Crippen LogP contribution < -0.4 is 10.6 Å². The van der Waals surface area contributed by atoms with Crippen LogP contribution in [0, 0.1) is 11.6 Å². The van der Waals surface area contributed by atoms with Crippen molar-refractivity contribution in [3.05, 3.63) is 70.3 Å².